The maximum atomic E-state index is 12.6. The number of nitrogens with one attached hydrogen (secondary N) is 2. The molecular formula is C23H34IN5O. The number of amides is 1. The molecular weight excluding hydrogens is 489 g/mol. The molecule has 1 saturated carbocycles. The average Bonchev–Trinajstić information content (AvgIpc) is 3.51. The van der Waals surface area contributed by atoms with Crippen molar-refractivity contribution in [3.8, 4) is 0 Å². The molecule has 2 N–H and O–H groups in total. The zero-order valence-electron chi connectivity index (χ0n) is 17.8. The van der Waals surface area contributed by atoms with Gasteiger partial charge in [-0.1, -0.05) is 31.0 Å². The van der Waals surface area contributed by atoms with Gasteiger partial charge in [-0.15, -0.1) is 24.0 Å². The number of guanidine groups is 1. The molecule has 1 aliphatic heterocycles. The van der Waals surface area contributed by atoms with E-state index in [4.69, 9.17) is 0 Å². The topological polar surface area (TPSA) is 61.7 Å². The Morgan fingerprint density at radius 3 is 2.77 bits per heavy atom. The molecule has 2 fully saturated rings. The van der Waals surface area contributed by atoms with Crippen LogP contribution in [0.4, 0.5) is 0 Å². The standard InChI is InChI=1S/C23H33N5O.HI/c1-24-23(25-13-6-14-27-15-11-18-7-4-5-10-21(18)27)26-20-12-16-28(17-20)22(29)19-8-2-3-9-19;/h4-5,7,10-11,15,19-20H,2-3,6,8-9,12-14,16-17H2,1H3,(H2,24,25,26);1H. The Morgan fingerprint density at radius 1 is 1.17 bits per heavy atom. The molecule has 1 aromatic carbocycles. The number of aryl methyl sites for hydroxylation is 1. The number of carbonyl (C=O) groups excluding carboxylic acids is 1. The molecule has 1 aliphatic carbocycles. The van der Waals surface area contributed by atoms with Gasteiger partial charge in [-0.05, 0) is 43.2 Å². The summed E-state index contributed by atoms with van der Waals surface area (Å²) >= 11 is 0. The number of hydrogen-bond donors (Lipinski definition) is 2. The fourth-order valence-corrected chi connectivity index (χ4v) is 4.69. The van der Waals surface area contributed by atoms with Crippen LogP contribution in [0.25, 0.3) is 10.9 Å². The molecule has 6 nitrogen and oxygen atoms in total. The highest BCUT2D eigenvalue weighted by molar-refractivity contribution is 14.0. The van der Waals surface area contributed by atoms with Crippen LogP contribution in [0.15, 0.2) is 41.5 Å². The lowest BCUT2D eigenvalue weighted by Crippen LogP contribution is -2.45. The molecule has 7 heteroatoms. The van der Waals surface area contributed by atoms with Gasteiger partial charge in [0.25, 0.3) is 0 Å². The molecule has 0 spiro atoms. The molecule has 2 aliphatic rings. The van der Waals surface area contributed by atoms with Crippen LogP contribution in [0.2, 0.25) is 0 Å². The average molecular weight is 523 g/mol. The van der Waals surface area contributed by atoms with E-state index in [2.05, 4.69) is 61.6 Å². The highest BCUT2D eigenvalue weighted by Gasteiger charge is 2.32. The first-order valence-electron chi connectivity index (χ1n) is 11.0. The van der Waals surface area contributed by atoms with Gasteiger partial charge >= 0.3 is 0 Å². The highest BCUT2D eigenvalue weighted by Crippen LogP contribution is 2.27. The second-order valence-corrected chi connectivity index (χ2v) is 8.32. The number of para-hydroxylation sites is 1. The fourth-order valence-electron chi connectivity index (χ4n) is 4.69. The molecule has 1 saturated heterocycles. The van der Waals surface area contributed by atoms with Gasteiger partial charge in [0.2, 0.25) is 5.91 Å². The Labute approximate surface area is 196 Å². The predicted molar refractivity (Wildman–Crippen MR) is 133 cm³/mol. The van der Waals surface area contributed by atoms with Gasteiger partial charge < -0.3 is 20.1 Å². The number of aromatic nitrogens is 1. The van der Waals surface area contributed by atoms with Crippen LogP contribution in [-0.2, 0) is 11.3 Å². The van der Waals surface area contributed by atoms with Gasteiger partial charge in [0.05, 0.1) is 0 Å². The van der Waals surface area contributed by atoms with E-state index >= 15 is 0 Å². The van der Waals surface area contributed by atoms with Crippen molar-refractivity contribution in [2.45, 2.75) is 51.1 Å². The summed E-state index contributed by atoms with van der Waals surface area (Å²) in [6, 6.07) is 10.9. The van der Waals surface area contributed by atoms with E-state index in [0.29, 0.717) is 11.9 Å². The lowest BCUT2D eigenvalue weighted by molar-refractivity contribution is -0.134. The monoisotopic (exact) mass is 523 g/mol. The summed E-state index contributed by atoms with van der Waals surface area (Å²) in [7, 11) is 1.81. The minimum Gasteiger partial charge on any atom is -0.356 e. The normalized spacial score (nSPS) is 19.8. The van der Waals surface area contributed by atoms with Crippen molar-refractivity contribution < 1.29 is 4.79 Å². The van der Waals surface area contributed by atoms with Crippen LogP contribution in [0.5, 0.6) is 0 Å². The minimum absolute atomic E-state index is 0. The second kappa shape index (κ2) is 11.0. The number of halogens is 1. The van der Waals surface area contributed by atoms with E-state index in [-0.39, 0.29) is 29.9 Å². The third kappa shape index (κ3) is 5.47. The summed E-state index contributed by atoms with van der Waals surface area (Å²) in [6.07, 6.45) is 8.75. The van der Waals surface area contributed by atoms with Crippen LogP contribution in [0, 0.1) is 5.92 Å². The molecule has 1 atom stereocenters. The van der Waals surface area contributed by atoms with Crippen LogP contribution in [-0.4, -0.2) is 54.1 Å². The first-order valence-corrected chi connectivity index (χ1v) is 11.0. The maximum Gasteiger partial charge on any atom is 0.225 e. The van der Waals surface area contributed by atoms with E-state index in [1.165, 1.54) is 23.7 Å². The SMILES string of the molecule is CN=C(NCCCn1ccc2ccccc21)NC1CCN(C(=O)C2CCCC2)C1.I. The van der Waals surface area contributed by atoms with Gasteiger partial charge in [-0.25, -0.2) is 0 Å². The van der Waals surface area contributed by atoms with E-state index < -0.39 is 0 Å². The van der Waals surface area contributed by atoms with Gasteiger partial charge in [0.1, 0.15) is 0 Å². The lowest BCUT2D eigenvalue weighted by atomic mass is 10.1. The van der Waals surface area contributed by atoms with Crippen molar-refractivity contribution in [2.75, 3.05) is 26.7 Å². The number of likely N-dealkylation sites (tertiary alicyclic amines) is 1. The minimum atomic E-state index is 0. The summed E-state index contributed by atoms with van der Waals surface area (Å²) in [6.45, 7) is 3.50. The number of benzene rings is 1. The van der Waals surface area contributed by atoms with Crippen LogP contribution >= 0.6 is 24.0 Å². The zero-order chi connectivity index (χ0) is 20.1. The van der Waals surface area contributed by atoms with Crippen molar-refractivity contribution in [2.24, 2.45) is 10.9 Å². The van der Waals surface area contributed by atoms with E-state index in [1.807, 2.05) is 7.05 Å². The molecule has 164 valence electrons. The third-order valence-corrected chi connectivity index (χ3v) is 6.32. The van der Waals surface area contributed by atoms with Crippen molar-refractivity contribution in [3.05, 3.63) is 36.5 Å². The Kier molecular flexibility index (Phi) is 8.41. The number of rotatable bonds is 6. The zero-order valence-corrected chi connectivity index (χ0v) is 20.2. The summed E-state index contributed by atoms with van der Waals surface area (Å²) in [5, 5.41) is 8.22. The number of fused-ring (bicyclic) bond motifs is 1. The number of hydrogen-bond acceptors (Lipinski definition) is 2. The first kappa shape index (κ1) is 22.9. The van der Waals surface area contributed by atoms with E-state index in [9.17, 15) is 4.79 Å². The van der Waals surface area contributed by atoms with Crippen LogP contribution < -0.4 is 10.6 Å². The van der Waals surface area contributed by atoms with Gasteiger partial charge in [-0.3, -0.25) is 9.79 Å². The molecule has 4 rings (SSSR count). The summed E-state index contributed by atoms with van der Waals surface area (Å²) in [5.41, 5.74) is 1.29. The number of aliphatic imine (C=N–C) groups is 1. The molecule has 2 heterocycles. The van der Waals surface area contributed by atoms with E-state index in [0.717, 1.165) is 57.8 Å². The molecule has 2 aromatic rings. The summed E-state index contributed by atoms with van der Waals surface area (Å²) in [4.78, 5) is 19.0. The number of nitrogens with zero attached hydrogens (tertiary/aromatic N) is 3. The quantitative estimate of drug-likeness (QED) is 0.263. The van der Waals surface area contributed by atoms with Gasteiger partial charge in [0, 0.05) is 56.9 Å². The van der Waals surface area contributed by atoms with Crippen LogP contribution in [0.1, 0.15) is 38.5 Å². The van der Waals surface area contributed by atoms with Gasteiger partial charge in [-0.2, -0.15) is 0 Å². The Bertz CT molecular complexity index is 858. The van der Waals surface area contributed by atoms with Gasteiger partial charge in [0.15, 0.2) is 5.96 Å². The fraction of sp³-hybridized carbons (Fsp3) is 0.565. The lowest BCUT2D eigenvalue weighted by Gasteiger charge is -2.21. The predicted octanol–water partition coefficient (Wildman–Crippen LogP) is 3.61. The van der Waals surface area contributed by atoms with Crippen molar-refractivity contribution in [1.82, 2.24) is 20.1 Å². The number of carbonyl (C=O) groups is 1. The van der Waals surface area contributed by atoms with Crippen LogP contribution in [0.3, 0.4) is 0 Å². The molecule has 1 unspecified atom stereocenters. The smallest absolute Gasteiger partial charge is 0.225 e. The maximum absolute atomic E-state index is 12.6. The molecule has 1 aromatic heterocycles. The second-order valence-electron chi connectivity index (χ2n) is 8.32. The Balaban J connectivity index is 0.00000256. The van der Waals surface area contributed by atoms with Crippen molar-refractivity contribution in [3.63, 3.8) is 0 Å². The molecule has 30 heavy (non-hydrogen) atoms. The third-order valence-electron chi connectivity index (χ3n) is 6.32. The first-order chi connectivity index (χ1) is 14.2. The van der Waals surface area contributed by atoms with E-state index in [1.54, 1.807) is 0 Å². The van der Waals surface area contributed by atoms with Crippen molar-refractivity contribution >= 4 is 46.7 Å². The summed E-state index contributed by atoms with van der Waals surface area (Å²) < 4.78 is 2.30. The molecule has 1 amide bonds. The largest absolute Gasteiger partial charge is 0.356 e. The summed E-state index contributed by atoms with van der Waals surface area (Å²) in [5.74, 6) is 1.48. The molecule has 0 bridgehead atoms. The highest BCUT2D eigenvalue weighted by atomic mass is 127. The Morgan fingerprint density at radius 2 is 1.97 bits per heavy atom. The Hall–Kier alpha value is -1.77. The molecule has 0 radical (unpaired) electrons. The van der Waals surface area contributed by atoms with Crippen molar-refractivity contribution in [1.29, 1.82) is 0 Å².